The van der Waals surface area contributed by atoms with Crippen LogP contribution in [0.15, 0.2) is 42.5 Å². The van der Waals surface area contributed by atoms with Crippen molar-refractivity contribution in [3.63, 3.8) is 0 Å². The van der Waals surface area contributed by atoms with Crippen molar-refractivity contribution in [3.8, 4) is 0 Å². The molecule has 3 N–H and O–H groups in total. The third-order valence-electron chi connectivity index (χ3n) is 3.41. The van der Waals surface area contributed by atoms with Gasteiger partial charge in [-0.2, -0.15) is 0 Å². The van der Waals surface area contributed by atoms with Crippen LogP contribution in [0.5, 0.6) is 0 Å². The van der Waals surface area contributed by atoms with Gasteiger partial charge in [-0.3, -0.25) is 9.59 Å². The summed E-state index contributed by atoms with van der Waals surface area (Å²) in [6.07, 6.45) is 0. The molecule has 100 valence electrons. The molecular weight excluding hydrogens is 252 g/mol. The summed E-state index contributed by atoms with van der Waals surface area (Å²) in [6.45, 7) is 1.02. The van der Waals surface area contributed by atoms with Gasteiger partial charge in [0.25, 0.3) is 0 Å². The topological polar surface area (TPSA) is 72.2 Å². The Bertz CT molecular complexity index is 707. The second-order valence-corrected chi connectivity index (χ2v) is 4.65. The Morgan fingerprint density at radius 2 is 1.50 bits per heavy atom. The van der Waals surface area contributed by atoms with Gasteiger partial charge >= 0.3 is 0 Å². The van der Waals surface area contributed by atoms with E-state index in [9.17, 15) is 9.59 Å². The van der Waals surface area contributed by atoms with Crippen LogP contribution >= 0.6 is 0 Å². The average Bonchev–Trinajstić information content (AvgIpc) is 2.50. The van der Waals surface area contributed by atoms with Crippen molar-refractivity contribution >= 4 is 17.3 Å². The van der Waals surface area contributed by atoms with Gasteiger partial charge in [0.2, 0.25) is 0 Å². The Labute approximate surface area is 116 Å². The van der Waals surface area contributed by atoms with Gasteiger partial charge in [-0.05, 0) is 6.07 Å². The number of anilines is 1. The maximum absolute atomic E-state index is 12.6. The summed E-state index contributed by atoms with van der Waals surface area (Å²) in [5.74, 6) is -0.220. The van der Waals surface area contributed by atoms with Crippen LogP contribution in [-0.2, 0) is 0 Å². The number of carbonyl (C=O) groups excluding carboxylic acids is 2. The normalized spacial score (nSPS) is 12.8. The number of nitrogens with two attached hydrogens (primary N) is 1. The molecular formula is C16H14N2O2. The van der Waals surface area contributed by atoms with Crippen LogP contribution in [0.25, 0.3) is 0 Å². The first-order valence-corrected chi connectivity index (χ1v) is 6.49. The largest absolute Gasteiger partial charge is 0.383 e. The van der Waals surface area contributed by atoms with Crippen molar-refractivity contribution < 1.29 is 9.59 Å². The van der Waals surface area contributed by atoms with Gasteiger partial charge in [0.05, 0.1) is 5.56 Å². The summed E-state index contributed by atoms with van der Waals surface area (Å²) in [5, 5.41) is 3.11. The fourth-order valence-corrected chi connectivity index (χ4v) is 2.50. The molecule has 4 nitrogen and oxygen atoms in total. The molecule has 2 aromatic carbocycles. The molecule has 1 aliphatic rings. The van der Waals surface area contributed by atoms with Crippen LogP contribution in [0.1, 0.15) is 31.8 Å². The van der Waals surface area contributed by atoms with E-state index < -0.39 is 0 Å². The van der Waals surface area contributed by atoms with Crippen molar-refractivity contribution in [1.82, 2.24) is 0 Å². The smallest absolute Gasteiger partial charge is 0.196 e. The van der Waals surface area contributed by atoms with Crippen molar-refractivity contribution in [2.45, 2.75) is 0 Å². The monoisotopic (exact) mass is 266 g/mol. The maximum Gasteiger partial charge on any atom is 0.196 e. The van der Waals surface area contributed by atoms with Gasteiger partial charge in [0.15, 0.2) is 11.6 Å². The fourth-order valence-electron chi connectivity index (χ4n) is 2.50. The first-order valence-electron chi connectivity index (χ1n) is 6.49. The van der Waals surface area contributed by atoms with Crippen molar-refractivity contribution in [2.75, 3.05) is 18.4 Å². The highest BCUT2D eigenvalue weighted by molar-refractivity contribution is 6.30. The zero-order valence-electron chi connectivity index (χ0n) is 10.8. The Morgan fingerprint density at radius 3 is 2.20 bits per heavy atom. The second kappa shape index (κ2) is 4.90. The van der Waals surface area contributed by atoms with E-state index in [1.807, 2.05) is 0 Å². The lowest BCUT2D eigenvalue weighted by molar-refractivity contribution is 0.0979. The van der Waals surface area contributed by atoms with Crippen LogP contribution in [0, 0.1) is 0 Å². The minimum absolute atomic E-state index is 0.105. The van der Waals surface area contributed by atoms with Gasteiger partial charge in [-0.1, -0.05) is 36.4 Å². The number of benzene rings is 2. The highest BCUT2D eigenvalue weighted by Gasteiger charge is 2.30. The van der Waals surface area contributed by atoms with Gasteiger partial charge < -0.3 is 11.1 Å². The van der Waals surface area contributed by atoms with Crippen molar-refractivity contribution in [3.05, 3.63) is 64.7 Å². The van der Waals surface area contributed by atoms with Gasteiger partial charge in [0, 0.05) is 35.5 Å². The molecule has 0 bridgehead atoms. The fraction of sp³-hybridized carbons (Fsp3) is 0.125. The minimum Gasteiger partial charge on any atom is -0.383 e. The molecule has 0 aromatic heterocycles. The van der Waals surface area contributed by atoms with E-state index in [1.54, 1.807) is 42.5 Å². The molecule has 0 spiro atoms. The molecule has 0 saturated carbocycles. The van der Waals surface area contributed by atoms with Gasteiger partial charge in [-0.15, -0.1) is 0 Å². The molecule has 1 aliphatic carbocycles. The second-order valence-electron chi connectivity index (χ2n) is 4.65. The molecule has 3 rings (SSSR count). The number of hydrogen-bond acceptors (Lipinski definition) is 4. The van der Waals surface area contributed by atoms with Crippen LogP contribution < -0.4 is 11.1 Å². The lowest BCUT2D eigenvalue weighted by atomic mass is 9.83. The Balaban J connectivity index is 2.18. The number of fused-ring (bicyclic) bond motifs is 2. The Morgan fingerprint density at radius 1 is 0.850 bits per heavy atom. The van der Waals surface area contributed by atoms with E-state index in [0.29, 0.717) is 41.0 Å². The van der Waals surface area contributed by atoms with Crippen LogP contribution in [-0.4, -0.2) is 24.7 Å². The lowest BCUT2D eigenvalue weighted by Gasteiger charge is -2.20. The van der Waals surface area contributed by atoms with Gasteiger partial charge in [-0.25, -0.2) is 0 Å². The molecule has 0 unspecified atom stereocenters. The summed E-state index contributed by atoms with van der Waals surface area (Å²) >= 11 is 0. The molecule has 0 radical (unpaired) electrons. The third-order valence-corrected chi connectivity index (χ3v) is 3.41. The van der Waals surface area contributed by atoms with E-state index in [0.717, 1.165) is 0 Å². The summed E-state index contributed by atoms with van der Waals surface area (Å²) in [5.41, 5.74) is 7.99. The predicted octanol–water partition coefficient (Wildman–Crippen LogP) is 1.83. The quantitative estimate of drug-likeness (QED) is 0.758. The van der Waals surface area contributed by atoms with E-state index in [2.05, 4.69) is 5.32 Å². The van der Waals surface area contributed by atoms with Crippen molar-refractivity contribution in [1.29, 1.82) is 0 Å². The molecule has 4 heteroatoms. The number of hydrogen-bond donors (Lipinski definition) is 2. The van der Waals surface area contributed by atoms with Crippen LogP contribution in [0.4, 0.5) is 5.69 Å². The number of nitrogens with one attached hydrogen (secondary N) is 1. The molecule has 2 aromatic rings. The molecule has 0 aliphatic heterocycles. The third kappa shape index (κ3) is 1.82. The van der Waals surface area contributed by atoms with E-state index in [1.165, 1.54) is 0 Å². The number of rotatable bonds is 3. The van der Waals surface area contributed by atoms with E-state index in [-0.39, 0.29) is 11.6 Å². The summed E-state index contributed by atoms with van der Waals surface area (Å²) < 4.78 is 0. The first kappa shape index (κ1) is 12.6. The molecule has 0 fully saturated rings. The highest BCUT2D eigenvalue weighted by Crippen LogP contribution is 2.31. The van der Waals surface area contributed by atoms with Crippen molar-refractivity contribution in [2.24, 2.45) is 5.73 Å². The van der Waals surface area contributed by atoms with Gasteiger partial charge in [0.1, 0.15) is 0 Å². The SMILES string of the molecule is NCCNc1cccc2c1C(=O)c1ccccc1C2=O. The Hall–Kier alpha value is -2.46. The molecule has 0 heterocycles. The molecule has 0 atom stereocenters. The molecule has 20 heavy (non-hydrogen) atoms. The molecule has 0 amide bonds. The Kier molecular flexibility index (Phi) is 3.08. The first-order chi connectivity index (χ1) is 9.74. The van der Waals surface area contributed by atoms with E-state index in [4.69, 9.17) is 5.73 Å². The maximum atomic E-state index is 12.6. The van der Waals surface area contributed by atoms with E-state index >= 15 is 0 Å². The minimum atomic E-state index is -0.115. The predicted molar refractivity (Wildman–Crippen MR) is 77.3 cm³/mol. The van der Waals surface area contributed by atoms with Crippen LogP contribution in [0.3, 0.4) is 0 Å². The molecule has 0 saturated heterocycles. The lowest BCUT2D eigenvalue weighted by Crippen LogP contribution is -2.23. The zero-order valence-corrected chi connectivity index (χ0v) is 10.8. The van der Waals surface area contributed by atoms with Crippen LogP contribution in [0.2, 0.25) is 0 Å². The summed E-state index contributed by atoms with van der Waals surface area (Å²) in [4.78, 5) is 25.1. The standard InChI is InChI=1S/C16H14N2O2/c17-8-9-18-13-7-3-6-12-14(13)16(20)11-5-2-1-4-10(11)15(12)19/h1-7,18H,8-9,17H2. The summed E-state index contributed by atoms with van der Waals surface area (Å²) in [6, 6.07) is 12.2. The number of ketones is 2. The number of carbonyl (C=O) groups is 2. The average molecular weight is 266 g/mol. The highest BCUT2D eigenvalue weighted by atomic mass is 16.1. The summed E-state index contributed by atoms with van der Waals surface area (Å²) in [7, 11) is 0. The zero-order chi connectivity index (χ0) is 14.1.